The van der Waals surface area contributed by atoms with E-state index in [0.717, 1.165) is 25.7 Å². The van der Waals surface area contributed by atoms with Crippen molar-refractivity contribution in [2.45, 2.75) is 25.7 Å². The largest absolute Gasteiger partial charge is 0.378 e. The fourth-order valence-corrected chi connectivity index (χ4v) is 4.13. The van der Waals surface area contributed by atoms with Gasteiger partial charge in [0.1, 0.15) is 5.82 Å². The lowest BCUT2D eigenvalue weighted by Gasteiger charge is -2.25. The van der Waals surface area contributed by atoms with E-state index in [1.165, 1.54) is 12.1 Å². The molecule has 0 unspecified atom stereocenters. The number of morpholine rings is 1. The minimum atomic E-state index is -0.406. The number of rotatable bonds is 3. The van der Waals surface area contributed by atoms with Gasteiger partial charge in [-0.25, -0.2) is 4.39 Å². The van der Waals surface area contributed by atoms with E-state index in [1.54, 1.807) is 21.9 Å². The third-order valence-corrected chi connectivity index (χ3v) is 5.53. The van der Waals surface area contributed by atoms with Crippen LogP contribution in [0.5, 0.6) is 0 Å². The molecule has 1 saturated heterocycles. The molecule has 0 N–H and O–H groups in total. The normalized spacial score (nSPS) is 22.3. The Kier molecular flexibility index (Phi) is 4.76. The first kappa shape index (κ1) is 17.2. The van der Waals surface area contributed by atoms with E-state index >= 15 is 0 Å². The van der Waals surface area contributed by atoms with Gasteiger partial charge in [-0.2, -0.15) is 0 Å². The molecular weight excluding hydrogens is 335 g/mol. The summed E-state index contributed by atoms with van der Waals surface area (Å²) in [6.45, 7) is 2.55. The number of halogens is 1. The lowest BCUT2D eigenvalue weighted by atomic mass is 10.1. The number of ether oxygens (including phenoxy) is 1. The molecule has 0 bridgehead atoms. The summed E-state index contributed by atoms with van der Waals surface area (Å²) in [4.78, 5) is 28.8. The highest BCUT2D eigenvalue weighted by Gasteiger charge is 2.37. The smallest absolute Gasteiger partial charge is 0.259 e. The first-order valence-corrected chi connectivity index (χ1v) is 9.34. The molecule has 26 heavy (non-hydrogen) atoms. The summed E-state index contributed by atoms with van der Waals surface area (Å²) in [5.41, 5.74) is 1.15. The molecule has 2 heterocycles. The number of anilines is 1. The van der Waals surface area contributed by atoms with Crippen molar-refractivity contribution in [1.29, 1.82) is 0 Å². The Hall–Kier alpha value is -2.21. The summed E-state index contributed by atoms with van der Waals surface area (Å²) in [7, 11) is 0. The second-order valence-electron chi connectivity index (χ2n) is 7.20. The van der Waals surface area contributed by atoms with E-state index in [-0.39, 0.29) is 11.8 Å². The van der Waals surface area contributed by atoms with Crippen LogP contribution >= 0.6 is 0 Å². The van der Waals surface area contributed by atoms with Gasteiger partial charge in [0.05, 0.1) is 24.5 Å². The van der Waals surface area contributed by atoms with Crippen LogP contribution in [0.3, 0.4) is 0 Å². The van der Waals surface area contributed by atoms with Crippen molar-refractivity contribution in [3.63, 3.8) is 0 Å². The number of carbonyl (C=O) groups is 2. The van der Waals surface area contributed by atoms with E-state index in [9.17, 15) is 14.0 Å². The van der Waals surface area contributed by atoms with Gasteiger partial charge in [-0.3, -0.25) is 9.59 Å². The Bertz CT molecular complexity index is 749. The Morgan fingerprint density at radius 3 is 2.69 bits per heavy atom. The fraction of sp³-hybridized carbons (Fsp3) is 0.500. The lowest BCUT2D eigenvalue weighted by Crippen LogP contribution is -2.40. The number of benzene rings is 1. The second-order valence-corrected chi connectivity index (χ2v) is 7.20. The lowest BCUT2D eigenvalue weighted by molar-refractivity contribution is -0.130. The maximum Gasteiger partial charge on any atom is 0.259 e. The van der Waals surface area contributed by atoms with Crippen LogP contribution in [0.1, 0.15) is 31.2 Å². The molecule has 5 nitrogen and oxygen atoms in total. The van der Waals surface area contributed by atoms with Gasteiger partial charge in [0.2, 0.25) is 5.91 Å². The molecule has 2 aliphatic heterocycles. The molecule has 0 aromatic heterocycles. The fourth-order valence-electron chi connectivity index (χ4n) is 4.13. The summed E-state index contributed by atoms with van der Waals surface area (Å²) in [6, 6.07) is 4.69. The molecule has 0 radical (unpaired) electrons. The average Bonchev–Trinajstić information content (AvgIpc) is 3.26. The van der Waals surface area contributed by atoms with Gasteiger partial charge in [0.25, 0.3) is 5.91 Å². The average molecular weight is 358 g/mol. The number of fused-ring (bicyclic) bond motifs is 1. The molecule has 3 aliphatic rings. The minimum Gasteiger partial charge on any atom is -0.378 e. The molecule has 4 rings (SSSR count). The zero-order valence-corrected chi connectivity index (χ0v) is 14.7. The first-order chi connectivity index (χ1) is 12.6. The molecule has 2 fully saturated rings. The zero-order chi connectivity index (χ0) is 18.1. The van der Waals surface area contributed by atoms with Crippen molar-refractivity contribution in [2.75, 3.05) is 37.7 Å². The van der Waals surface area contributed by atoms with Crippen LogP contribution in [-0.2, 0) is 14.3 Å². The van der Waals surface area contributed by atoms with E-state index in [2.05, 4.69) is 0 Å². The van der Waals surface area contributed by atoms with Crippen molar-refractivity contribution < 1.29 is 18.7 Å². The summed E-state index contributed by atoms with van der Waals surface area (Å²) in [5.74, 6) is -0.482. The van der Waals surface area contributed by atoms with E-state index in [1.807, 2.05) is 0 Å². The molecule has 2 amide bonds. The second kappa shape index (κ2) is 7.19. The predicted octanol–water partition coefficient (Wildman–Crippen LogP) is 2.60. The van der Waals surface area contributed by atoms with Crippen molar-refractivity contribution >= 4 is 23.1 Å². The van der Waals surface area contributed by atoms with Crippen molar-refractivity contribution in [2.24, 2.45) is 5.92 Å². The summed E-state index contributed by atoms with van der Waals surface area (Å²) in [6.07, 6.45) is 5.84. The molecule has 1 aromatic carbocycles. The van der Waals surface area contributed by atoms with Crippen LogP contribution < -0.4 is 4.90 Å². The third kappa shape index (κ3) is 3.14. The highest BCUT2D eigenvalue weighted by molar-refractivity contribution is 6.34. The van der Waals surface area contributed by atoms with Crippen molar-refractivity contribution in [3.8, 4) is 0 Å². The SMILES string of the molecule is O=C(/C=C1/C(=O)N(CC2CCCC2)c2c(F)cccc21)N1CCOCC1. The molecule has 1 aliphatic carbocycles. The van der Waals surface area contributed by atoms with Crippen LogP contribution in [0.15, 0.2) is 24.3 Å². The topological polar surface area (TPSA) is 49.9 Å². The maximum absolute atomic E-state index is 14.5. The highest BCUT2D eigenvalue weighted by atomic mass is 19.1. The van der Waals surface area contributed by atoms with E-state index in [4.69, 9.17) is 4.74 Å². The molecule has 0 spiro atoms. The summed E-state index contributed by atoms with van der Waals surface area (Å²) >= 11 is 0. The van der Waals surface area contributed by atoms with Gasteiger partial charge >= 0.3 is 0 Å². The van der Waals surface area contributed by atoms with Crippen LogP contribution in [0, 0.1) is 11.7 Å². The number of hydrogen-bond donors (Lipinski definition) is 0. The Morgan fingerprint density at radius 2 is 1.96 bits per heavy atom. The molecule has 0 atom stereocenters. The van der Waals surface area contributed by atoms with Crippen LogP contribution in [0.4, 0.5) is 10.1 Å². The highest BCUT2D eigenvalue weighted by Crippen LogP contribution is 2.40. The molecule has 138 valence electrons. The molecule has 1 aromatic rings. The molecule has 6 heteroatoms. The predicted molar refractivity (Wildman–Crippen MR) is 96.1 cm³/mol. The minimum absolute atomic E-state index is 0.213. The van der Waals surface area contributed by atoms with Gasteiger partial charge in [0, 0.05) is 31.3 Å². The van der Waals surface area contributed by atoms with Crippen molar-refractivity contribution in [3.05, 3.63) is 35.7 Å². The van der Waals surface area contributed by atoms with E-state index in [0.29, 0.717) is 55.6 Å². The first-order valence-electron chi connectivity index (χ1n) is 9.34. The number of nitrogens with zero attached hydrogens (tertiary/aromatic N) is 2. The third-order valence-electron chi connectivity index (χ3n) is 5.53. The number of para-hydroxylation sites is 1. The zero-order valence-electron chi connectivity index (χ0n) is 14.7. The summed E-state index contributed by atoms with van der Waals surface area (Å²) in [5, 5.41) is 0. The van der Waals surface area contributed by atoms with Gasteiger partial charge < -0.3 is 14.5 Å². The molecule has 1 saturated carbocycles. The number of hydrogen-bond acceptors (Lipinski definition) is 3. The number of carbonyl (C=O) groups excluding carboxylic acids is 2. The Morgan fingerprint density at radius 1 is 1.23 bits per heavy atom. The van der Waals surface area contributed by atoms with Gasteiger partial charge in [-0.15, -0.1) is 0 Å². The molecular formula is C20H23FN2O3. The van der Waals surface area contributed by atoms with Gasteiger partial charge in [-0.1, -0.05) is 25.0 Å². The van der Waals surface area contributed by atoms with E-state index < -0.39 is 5.82 Å². The van der Waals surface area contributed by atoms with Crippen LogP contribution in [0.2, 0.25) is 0 Å². The van der Waals surface area contributed by atoms with Crippen LogP contribution in [-0.4, -0.2) is 49.6 Å². The van der Waals surface area contributed by atoms with Gasteiger partial charge in [-0.05, 0) is 24.8 Å². The van der Waals surface area contributed by atoms with Gasteiger partial charge in [0.15, 0.2) is 0 Å². The van der Waals surface area contributed by atoms with Crippen LogP contribution in [0.25, 0.3) is 5.57 Å². The Labute approximate surface area is 152 Å². The maximum atomic E-state index is 14.5. The Balaban J connectivity index is 1.65. The standard InChI is InChI=1S/C20H23FN2O3/c21-17-7-3-6-15-16(12-18(24)22-8-10-26-11-9-22)20(25)23(19(15)17)13-14-4-1-2-5-14/h3,6-7,12,14H,1-2,4-5,8-11,13H2/b16-12+. The quantitative estimate of drug-likeness (QED) is 0.781. The van der Waals surface area contributed by atoms with Crippen molar-refractivity contribution in [1.82, 2.24) is 4.90 Å². The number of amides is 2. The monoisotopic (exact) mass is 358 g/mol. The summed E-state index contributed by atoms with van der Waals surface area (Å²) < 4.78 is 19.8.